The third-order valence-electron chi connectivity index (χ3n) is 5.17. The number of ether oxygens (including phenoxy) is 1. The molecule has 5 nitrogen and oxygen atoms in total. The van der Waals surface area contributed by atoms with Crippen LogP contribution in [0.1, 0.15) is 32.1 Å². The number of carbonyl (C=O) groups excluding carboxylic acids is 1. The molecule has 1 aliphatic carbocycles. The van der Waals surface area contributed by atoms with Crippen molar-refractivity contribution >= 4 is 5.91 Å². The van der Waals surface area contributed by atoms with Crippen LogP contribution in [0.15, 0.2) is 0 Å². The first-order valence-corrected chi connectivity index (χ1v) is 7.48. The minimum atomic E-state index is -0.465. The van der Waals surface area contributed by atoms with Gasteiger partial charge in [0.2, 0.25) is 5.91 Å². The average Bonchev–Trinajstić information content (AvgIpc) is 3.02. The summed E-state index contributed by atoms with van der Waals surface area (Å²) in [6.45, 7) is 2.21. The lowest BCUT2D eigenvalue weighted by Gasteiger charge is -2.37. The lowest BCUT2D eigenvalue weighted by atomic mass is 9.88. The standard InChI is InChI=1S/C14H24N2O3/c17-9-14(4-6-19-7-5-14)16-13(18)12-11-3-1-2-10(11)8-15-12/h10-12,15,17H,1-9H2,(H,16,18). The highest BCUT2D eigenvalue weighted by Crippen LogP contribution is 2.38. The normalized spacial score (nSPS) is 37.0. The van der Waals surface area contributed by atoms with Gasteiger partial charge in [-0.1, -0.05) is 6.42 Å². The molecule has 1 saturated carbocycles. The van der Waals surface area contributed by atoms with Crippen LogP contribution in [0.2, 0.25) is 0 Å². The number of hydrogen-bond donors (Lipinski definition) is 3. The van der Waals surface area contributed by atoms with E-state index < -0.39 is 5.54 Å². The molecule has 3 unspecified atom stereocenters. The van der Waals surface area contributed by atoms with Crippen LogP contribution in [-0.2, 0) is 9.53 Å². The molecule has 3 rings (SSSR count). The quantitative estimate of drug-likeness (QED) is 0.675. The molecule has 0 radical (unpaired) electrons. The maximum Gasteiger partial charge on any atom is 0.237 e. The van der Waals surface area contributed by atoms with Gasteiger partial charge in [0.05, 0.1) is 18.2 Å². The average molecular weight is 268 g/mol. The van der Waals surface area contributed by atoms with Gasteiger partial charge in [0.15, 0.2) is 0 Å². The van der Waals surface area contributed by atoms with Gasteiger partial charge in [0.1, 0.15) is 0 Å². The van der Waals surface area contributed by atoms with Crippen LogP contribution in [0.4, 0.5) is 0 Å². The van der Waals surface area contributed by atoms with Crippen molar-refractivity contribution in [2.75, 3.05) is 26.4 Å². The van der Waals surface area contributed by atoms with Crippen molar-refractivity contribution in [3.05, 3.63) is 0 Å². The van der Waals surface area contributed by atoms with E-state index in [-0.39, 0.29) is 18.6 Å². The lowest BCUT2D eigenvalue weighted by Crippen LogP contribution is -2.58. The van der Waals surface area contributed by atoms with Crippen LogP contribution in [0.25, 0.3) is 0 Å². The molecule has 0 spiro atoms. The molecule has 3 N–H and O–H groups in total. The first-order valence-electron chi connectivity index (χ1n) is 7.48. The third kappa shape index (κ3) is 2.51. The number of nitrogens with one attached hydrogen (secondary N) is 2. The fraction of sp³-hybridized carbons (Fsp3) is 0.929. The Morgan fingerprint density at radius 2 is 2.16 bits per heavy atom. The highest BCUT2D eigenvalue weighted by atomic mass is 16.5. The minimum absolute atomic E-state index is 0.00289. The Kier molecular flexibility index (Phi) is 3.78. The minimum Gasteiger partial charge on any atom is -0.394 e. The van der Waals surface area contributed by atoms with Crippen LogP contribution in [0.5, 0.6) is 0 Å². The van der Waals surface area contributed by atoms with E-state index in [1.807, 2.05) is 0 Å². The second-order valence-electron chi connectivity index (χ2n) is 6.28. The Bertz CT molecular complexity index is 342. The molecule has 3 fully saturated rings. The summed E-state index contributed by atoms with van der Waals surface area (Å²) in [6.07, 6.45) is 5.07. The molecule has 3 aliphatic rings. The van der Waals surface area contributed by atoms with Crippen molar-refractivity contribution in [3.8, 4) is 0 Å². The van der Waals surface area contributed by atoms with Gasteiger partial charge >= 0.3 is 0 Å². The third-order valence-corrected chi connectivity index (χ3v) is 5.17. The summed E-state index contributed by atoms with van der Waals surface area (Å²) in [5, 5.41) is 16.1. The number of hydrogen-bond acceptors (Lipinski definition) is 4. The lowest BCUT2D eigenvalue weighted by molar-refractivity contribution is -0.128. The van der Waals surface area contributed by atoms with Gasteiger partial charge in [0.25, 0.3) is 0 Å². The zero-order valence-corrected chi connectivity index (χ0v) is 11.4. The van der Waals surface area contributed by atoms with Crippen LogP contribution < -0.4 is 10.6 Å². The van der Waals surface area contributed by atoms with E-state index in [0.717, 1.165) is 13.0 Å². The Labute approximate surface area is 114 Å². The zero-order valence-electron chi connectivity index (χ0n) is 11.4. The van der Waals surface area contributed by atoms with Crippen molar-refractivity contribution in [2.24, 2.45) is 11.8 Å². The van der Waals surface area contributed by atoms with Crippen molar-refractivity contribution in [3.63, 3.8) is 0 Å². The van der Waals surface area contributed by atoms with Gasteiger partial charge in [-0.3, -0.25) is 4.79 Å². The summed E-state index contributed by atoms with van der Waals surface area (Å²) in [7, 11) is 0. The SMILES string of the molecule is O=C(NC1(CO)CCOCC1)C1NCC2CCCC21. The van der Waals surface area contributed by atoms with Crippen LogP contribution >= 0.6 is 0 Å². The van der Waals surface area contributed by atoms with Crippen molar-refractivity contribution in [1.29, 1.82) is 0 Å². The molecule has 108 valence electrons. The molecule has 2 aliphatic heterocycles. The largest absolute Gasteiger partial charge is 0.394 e. The number of carbonyl (C=O) groups is 1. The smallest absolute Gasteiger partial charge is 0.237 e. The molecular formula is C14H24N2O3. The molecular weight excluding hydrogens is 244 g/mol. The van der Waals surface area contributed by atoms with E-state index in [4.69, 9.17) is 4.74 Å². The predicted molar refractivity (Wildman–Crippen MR) is 70.6 cm³/mol. The predicted octanol–water partition coefficient (Wildman–Crippen LogP) is 0.0322. The monoisotopic (exact) mass is 268 g/mol. The first-order chi connectivity index (χ1) is 9.24. The summed E-state index contributed by atoms with van der Waals surface area (Å²) in [6, 6.07) is -0.0567. The Morgan fingerprint density at radius 1 is 1.37 bits per heavy atom. The topological polar surface area (TPSA) is 70.6 Å². The van der Waals surface area contributed by atoms with E-state index in [0.29, 0.717) is 37.9 Å². The second kappa shape index (κ2) is 5.38. The number of amides is 1. The molecule has 2 heterocycles. The summed E-state index contributed by atoms with van der Waals surface area (Å²) in [4.78, 5) is 12.5. The van der Waals surface area contributed by atoms with E-state index >= 15 is 0 Å². The second-order valence-corrected chi connectivity index (χ2v) is 6.28. The molecule has 2 saturated heterocycles. The van der Waals surface area contributed by atoms with Crippen LogP contribution in [-0.4, -0.2) is 49.0 Å². The van der Waals surface area contributed by atoms with E-state index in [1.54, 1.807) is 0 Å². The van der Waals surface area contributed by atoms with Crippen molar-refractivity contribution in [1.82, 2.24) is 10.6 Å². The molecule has 19 heavy (non-hydrogen) atoms. The van der Waals surface area contributed by atoms with E-state index in [9.17, 15) is 9.90 Å². The number of rotatable bonds is 3. The summed E-state index contributed by atoms with van der Waals surface area (Å²) in [5.41, 5.74) is -0.465. The van der Waals surface area contributed by atoms with E-state index in [2.05, 4.69) is 10.6 Å². The molecule has 1 amide bonds. The first kappa shape index (κ1) is 13.3. The Morgan fingerprint density at radius 3 is 2.89 bits per heavy atom. The van der Waals surface area contributed by atoms with Gasteiger partial charge in [0, 0.05) is 13.2 Å². The maximum absolute atomic E-state index is 12.5. The van der Waals surface area contributed by atoms with Gasteiger partial charge in [-0.25, -0.2) is 0 Å². The Balaban J connectivity index is 1.63. The van der Waals surface area contributed by atoms with Crippen LogP contribution in [0.3, 0.4) is 0 Å². The highest BCUT2D eigenvalue weighted by molar-refractivity contribution is 5.83. The Hall–Kier alpha value is -0.650. The van der Waals surface area contributed by atoms with Gasteiger partial charge in [-0.05, 0) is 44.1 Å². The summed E-state index contributed by atoms with van der Waals surface area (Å²) < 4.78 is 5.32. The molecule has 0 aromatic heterocycles. The fourth-order valence-corrected chi connectivity index (χ4v) is 3.90. The molecule has 0 bridgehead atoms. The summed E-state index contributed by atoms with van der Waals surface area (Å²) in [5.74, 6) is 1.25. The van der Waals surface area contributed by atoms with Crippen LogP contribution in [0, 0.1) is 11.8 Å². The number of aliphatic hydroxyl groups excluding tert-OH is 1. The molecule has 0 aromatic carbocycles. The maximum atomic E-state index is 12.5. The molecule has 3 atom stereocenters. The summed E-state index contributed by atoms with van der Waals surface area (Å²) >= 11 is 0. The van der Waals surface area contributed by atoms with Crippen molar-refractivity contribution in [2.45, 2.75) is 43.7 Å². The number of fused-ring (bicyclic) bond motifs is 1. The van der Waals surface area contributed by atoms with Gasteiger partial charge in [-0.2, -0.15) is 0 Å². The number of aliphatic hydroxyl groups is 1. The van der Waals surface area contributed by atoms with Gasteiger partial charge < -0.3 is 20.5 Å². The molecule has 5 heteroatoms. The highest BCUT2D eigenvalue weighted by Gasteiger charge is 2.44. The van der Waals surface area contributed by atoms with E-state index in [1.165, 1.54) is 12.8 Å². The van der Waals surface area contributed by atoms with Gasteiger partial charge in [-0.15, -0.1) is 0 Å². The zero-order chi connectivity index (χ0) is 13.3. The molecule has 0 aromatic rings. The van der Waals surface area contributed by atoms with Crippen molar-refractivity contribution < 1.29 is 14.6 Å². The fourth-order valence-electron chi connectivity index (χ4n) is 3.90.